The topological polar surface area (TPSA) is 84.3 Å². The molecule has 7 nitrogen and oxygen atoms in total. The molecule has 0 aliphatic carbocycles. The molecule has 0 atom stereocenters. The number of methoxy groups -OCH3 is 1. The van der Waals surface area contributed by atoms with Gasteiger partial charge in [-0.15, -0.1) is 13.2 Å². The molecule has 2 aromatic rings. The Bertz CT molecular complexity index is 860. The van der Waals surface area contributed by atoms with E-state index in [0.717, 1.165) is 5.56 Å². The summed E-state index contributed by atoms with van der Waals surface area (Å²) in [6.45, 7) is 2.89. The van der Waals surface area contributed by atoms with Crippen LogP contribution in [0.5, 0.6) is 17.2 Å². The zero-order chi connectivity index (χ0) is 22.7. The number of aliphatic imine (C=N–C) groups is 1. The van der Waals surface area contributed by atoms with Gasteiger partial charge in [-0.25, -0.2) is 4.99 Å². The number of nitrogens with one attached hydrogen (secondary N) is 2. The molecule has 0 amide bonds. The van der Waals surface area contributed by atoms with E-state index in [-0.39, 0.29) is 25.5 Å². The second-order valence-corrected chi connectivity index (χ2v) is 6.26. The van der Waals surface area contributed by atoms with Gasteiger partial charge in [0.2, 0.25) is 0 Å². The molecular formula is C21H26F3N3O4. The zero-order valence-electron chi connectivity index (χ0n) is 17.3. The molecule has 0 spiro atoms. The van der Waals surface area contributed by atoms with E-state index in [1.54, 1.807) is 24.3 Å². The largest absolute Gasteiger partial charge is 0.573 e. The summed E-state index contributed by atoms with van der Waals surface area (Å²) in [5.74, 6) is 1.19. The number of hydrogen-bond donors (Lipinski definition) is 3. The highest BCUT2D eigenvalue weighted by molar-refractivity contribution is 5.79. The summed E-state index contributed by atoms with van der Waals surface area (Å²) >= 11 is 0. The normalized spacial score (nSPS) is 11.7. The fraction of sp³-hybridized carbons (Fsp3) is 0.381. The molecule has 3 N–H and O–H groups in total. The standard InChI is InChI=1S/C21H26F3N3O4/c1-3-25-20(27-14-16-6-4-5-7-17(16)31-21(22,23)24)26-13-15-8-9-18(30-11-10-28)19(12-15)29-2/h4-9,12,28H,3,10-11,13-14H2,1-2H3,(H2,25,26,27). The van der Waals surface area contributed by atoms with Gasteiger partial charge in [0.05, 0.1) is 20.3 Å². The molecule has 0 radical (unpaired) electrons. The summed E-state index contributed by atoms with van der Waals surface area (Å²) in [5, 5.41) is 14.9. The maximum Gasteiger partial charge on any atom is 0.573 e. The van der Waals surface area contributed by atoms with Gasteiger partial charge in [-0.3, -0.25) is 0 Å². The van der Waals surface area contributed by atoms with E-state index < -0.39 is 6.36 Å². The highest BCUT2D eigenvalue weighted by Crippen LogP contribution is 2.28. The Morgan fingerprint density at radius 2 is 1.84 bits per heavy atom. The van der Waals surface area contributed by atoms with E-state index in [0.29, 0.717) is 36.1 Å². The summed E-state index contributed by atoms with van der Waals surface area (Å²) in [4.78, 5) is 4.47. The van der Waals surface area contributed by atoms with Gasteiger partial charge in [-0.2, -0.15) is 0 Å². The molecule has 10 heteroatoms. The Morgan fingerprint density at radius 1 is 1.06 bits per heavy atom. The molecule has 0 bridgehead atoms. The van der Waals surface area contributed by atoms with E-state index in [2.05, 4.69) is 20.4 Å². The maximum atomic E-state index is 12.6. The van der Waals surface area contributed by atoms with Crippen molar-refractivity contribution >= 4 is 5.96 Å². The second kappa shape index (κ2) is 11.9. The summed E-state index contributed by atoms with van der Waals surface area (Å²) in [5.41, 5.74) is 1.18. The van der Waals surface area contributed by atoms with Crippen molar-refractivity contribution in [2.45, 2.75) is 26.4 Å². The van der Waals surface area contributed by atoms with Crippen LogP contribution in [-0.4, -0.2) is 44.3 Å². The first kappa shape index (κ1) is 24.1. The van der Waals surface area contributed by atoms with Gasteiger partial charge >= 0.3 is 6.36 Å². The Morgan fingerprint density at radius 3 is 2.52 bits per heavy atom. The molecule has 2 rings (SSSR count). The number of benzene rings is 2. The van der Waals surface area contributed by atoms with Gasteiger partial charge in [0, 0.05) is 18.7 Å². The number of hydrogen-bond acceptors (Lipinski definition) is 5. The third-order valence-corrected chi connectivity index (χ3v) is 3.99. The van der Waals surface area contributed by atoms with E-state index in [1.165, 1.54) is 19.2 Å². The van der Waals surface area contributed by atoms with Crippen molar-refractivity contribution in [2.75, 3.05) is 26.9 Å². The number of guanidine groups is 1. The number of nitrogens with zero attached hydrogens (tertiary/aromatic N) is 1. The Labute approximate surface area is 178 Å². The fourth-order valence-corrected chi connectivity index (χ4v) is 2.65. The van der Waals surface area contributed by atoms with Crippen LogP contribution in [0.4, 0.5) is 13.2 Å². The second-order valence-electron chi connectivity index (χ2n) is 6.26. The SMILES string of the molecule is CCNC(=NCc1ccc(OCCO)c(OC)c1)NCc1ccccc1OC(F)(F)F. The number of aliphatic hydroxyl groups is 1. The number of rotatable bonds is 10. The van der Waals surface area contributed by atoms with Crippen molar-refractivity contribution in [3.8, 4) is 17.2 Å². The first-order chi connectivity index (χ1) is 14.9. The van der Waals surface area contributed by atoms with Gasteiger partial charge in [0.25, 0.3) is 0 Å². The molecule has 0 aliphatic heterocycles. The van der Waals surface area contributed by atoms with Crippen LogP contribution >= 0.6 is 0 Å². The number of alkyl halides is 3. The van der Waals surface area contributed by atoms with Crippen LogP contribution in [0.15, 0.2) is 47.5 Å². The third-order valence-electron chi connectivity index (χ3n) is 3.99. The smallest absolute Gasteiger partial charge is 0.493 e. The van der Waals surface area contributed by atoms with Crippen LogP contribution < -0.4 is 24.8 Å². The predicted octanol–water partition coefficient (Wildman–Crippen LogP) is 3.22. The van der Waals surface area contributed by atoms with Crippen molar-refractivity contribution in [3.63, 3.8) is 0 Å². The Kier molecular flexibility index (Phi) is 9.26. The molecule has 170 valence electrons. The van der Waals surface area contributed by atoms with Gasteiger partial charge < -0.3 is 30.0 Å². The summed E-state index contributed by atoms with van der Waals surface area (Å²) in [6.07, 6.45) is -4.76. The summed E-state index contributed by atoms with van der Waals surface area (Å²) < 4.78 is 52.6. The first-order valence-corrected chi connectivity index (χ1v) is 9.62. The van der Waals surface area contributed by atoms with Crippen LogP contribution in [-0.2, 0) is 13.1 Å². The molecule has 31 heavy (non-hydrogen) atoms. The molecule has 0 aromatic heterocycles. The number of ether oxygens (including phenoxy) is 3. The average molecular weight is 441 g/mol. The van der Waals surface area contributed by atoms with E-state index in [1.807, 2.05) is 13.0 Å². The number of para-hydroxylation sites is 1. The predicted molar refractivity (Wildman–Crippen MR) is 110 cm³/mol. The third kappa shape index (κ3) is 8.25. The van der Waals surface area contributed by atoms with Gasteiger partial charge in [0.15, 0.2) is 17.5 Å². The van der Waals surface area contributed by atoms with Gasteiger partial charge in [-0.05, 0) is 30.7 Å². The minimum atomic E-state index is -4.76. The van der Waals surface area contributed by atoms with Crippen LogP contribution in [0.2, 0.25) is 0 Å². The van der Waals surface area contributed by atoms with E-state index >= 15 is 0 Å². The van der Waals surface area contributed by atoms with Crippen LogP contribution in [0.3, 0.4) is 0 Å². The summed E-state index contributed by atoms with van der Waals surface area (Å²) in [7, 11) is 1.51. The van der Waals surface area contributed by atoms with Crippen molar-refractivity contribution in [1.29, 1.82) is 0 Å². The Hall–Kier alpha value is -3.14. The van der Waals surface area contributed by atoms with Crippen molar-refractivity contribution < 1.29 is 32.5 Å². The maximum absolute atomic E-state index is 12.6. The molecular weight excluding hydrogens is 415 g/mol. The van der Waals surface area contributed by atoms with Crippen molar-refractivity contribution in [2.24, 2.45) is 4.99 Å². The number of halogens is 3. The highest BCUT2D eigenvalue weighted by atomic mass is 19.4. The van der Waals surface area contributed by atoms with Crippen LogP contribution in [0, 0.1) is 0 Å². The van der Waals surface area contributed by atoms with Gasteiger partial charge in [-0.1, -0.05) is 24.3 Å². The monoisotopic (exact) mass is 441 g/mol. The van der Waals surface area contributed by atoms with Crippen LogP contribution in [0.25, 0.3) is 0 Å². The van der Waals surface area contributed by atoms with Crippen molar-refractivity contribution in [3.05, 3.63) is 53.6 Å². The summed E-state index contributed by atoms with van der Waals surface area (Å²) in [6, 6.07) is 11.2. The highest BCUT2D eigenvalue weighted by Gasteiger charge is 2.31. The lowest BCUT2D eigenvalue weighted by Crippen LogP contribution is -2.37. The lowest BCUT2D eigenvalue weighted by Gasteiger charge is -2.15. The first-order valence-electron chi connectivity index (χ1n) is 9.62. The Balaban J connectivity index is 2.08. The molecule has 0 heterocycles. The molecule has 0 fully saturated rings. The van der Waals surface area contributed by atoms with Crippen LogP contribution in [0.1, 0.15) is 18.1 Å². The molecule has 2 aromatic carbocycles. The van der Waals surface area contributed by atoms with Gasteiger partial charge in [0.1, 0.15) is 12.4 Å². The quantitative estimate of drug-likeness (QED) is 0.388. The van der Waals surface area contributed by atoms with E-state index in [4.69, 9.17) is 14.6 Å². The molecule has 0 saturated carbocycles. The lowest BCUT2D eigenvalue weighted by atomic mass is 10.2. The molecule has 0 aliphatic rings. The fourth-order valence-electron chi connectivity index (χ4n) is 2.65. The molecule has 0 saturated heterocycles. The van der Waals surface area contributed by atoms with Crippen molar-refractivity contribution in [1.82, 2.24) is 10.6 Å². The minimum absolute atomic E-state index is 0.0926. The van der Waals surface area contributed by atoms with E-state index in [9.17, 15) is 13.2 Å². The lowest BCUT2D eigenvalue weighted by molar-refractivity contribution is -0.274. The molecule has 0 unspecified atom stereocenters. The zero-order valence-corrected chi connectivity index (χ0v) is 17.3. The average Bonchev–Trinajstić information content (AvgIpc) is 2.74. The minimum Gasteiger partial charge on any atom is -0.493 e. The number of aliphatic hydroxyl groups excluding tert-OH is 1.